The number of rotatable bonds is 6. The number of nitrogens with one attached hydrogen (secondary N) is 2. The summed E-state index contributed by atoms with van der Waals surface area (Å²) in [6.07, 6.45) is 21.9. The lowest BCUT2D eigenvalue weighted by Crippen LogP contribution is -2.56. The molecule has 8 aliphatic carbocycles. The number of aliphatic hydroxyl groups excluding tert-OH is 1. The van der Waals surface area contributed by atoms with Crippen LogP contribution in [-0.2, 0) is 13.0 Å². The fraction of sp³-hybridized carbons (Fsp3) is 0.652. The summed E-state index contributed by atoms with van der Waals surface area (Å²) in [5.74, 6) is 8.46. The van der Waals surface area contributed by atoms with Gasteiger partial charge in [-0.15, -0.1) is 0 Å². The van der Waals surface area contributed by atoms with Crippen molar-refractivity contribution in [1.82, 2.24) is 19.9 Å². The van der Waals surface area contributed by atoms with Gasteiger partial charge in [0.25, 0.3) is 0 Å². The second kappa shape index (κ2) is 13.2. The summed E-state index contributed by atoms with van der Waals surface area (Å²) < 4.78 is 2.24. The van der Waals surface area contributed by atoms with Crippen molar-refractivity contribution < 1.29 is 15.3 Å². The van der Waals surface area contributed by atoms with Crippen LogP contribution in [-0.4, -0.2) is 66.2 Å². The molecule has 0 aliphatic heterocycles. The van der Waals surface area contributed by atoms with Gasteiger partial charge in [0.15, 0.2) is 5.96 Å². The van der Waals surface area contributed by atoms with E-state index in [0.29, 0.717) is 18.3 Å². The molecule has 7 N–H and O–H groups in total. The molecule has 3 aromatic rings. The summed E-state index contributed by atoms with van der Waals surface area (Å²) in [5, 5.41) is 43.8. The van der Waals surface area contributed by atoms with Gasteiger partial charge in [0.1, 0.15) is 0 Å². The molecule has 2 spiro atoms. The smallest absolute Gasteiger partial charge is 0.189 e. The molecule has 6 saturated carbocycles. The first kappa shape index (κ1) is 35.8. The Kier molecular flexibility index (Phi) is 8.62. The Morgan fingerprint density at radius 1 is 1.02 bits per heavy atom. The Bertz CT molecular complexity index is 2010. The van der Waals surface area contributed by atoms with Crippen LogP contribution in [0, 0.1) is 64.1 Å². The number of para-hydroxylation sites is 1. The van der Waals surface area contributed by atoms with Gasteiger partial charge in [-0.1, -0.05) is 61.0 Å². The first-order valence-electron chi connectivity index (χ1n) is 21.5. The Balaban J connectivity index is 1.17. The first-order valence-corrected chi connectivity index (χ1v) is 21.5. The zero-order chi connectivity index (χ0) is 37.6. The SMILES string of the molecule is CN=C(N)N[C@H]1C#C[C@H]2C[C@]3(C=C(Cc4cc5ccccc5[nH]4)[C@]24C[C@H]2CC[C@@H]4[C@H]4[C@H](C[C@H](O)[C@@]4(O)C1)[C@@]2(O)C1CCCCC1)CC[C@@H](Cn1ccnc1)C3. The van der Waals surface area contributed by atoms with Gasteiger partial charge in [0, 0.05) is 61.4 Å². The normalized spacial score (nSPS) is 42.5. The lowest BCUT2D eigenvalue weighted by atomic mass is 9.46. The molecule has 11 rings (SSSR count). The first-order chi connectivity index (χ1) is 26.6. The number of aliphatic imine (C=N–C) groups is 1. The van der Waals surface area contributed by atoms with E-state index in [1.807, 2.05) is 12.5 Å². The molecule has 55 heavy (non-hydrogen) atoms. The van der Waals surface area contributed by atoms with E-state index in [2.05, 4.69) is 79.3 Å². The minimum Gasteiger partial charge on any atom is -0.390 e. The molecule has 0 amide bonds. The average molecular weight is 745 g/mol. The van der Waals surface area contributed by atoms with E-state index in [9.17, 15) is 15.3 Å². The topological polar surface area (TPSA) is 145 Å². The number of nitrogens with zero attached hydrogens (tertiary/aromatic N) is 3. The molecule has 0 radical (unpaired) electrons. The van der Waals surface area contributed by atoms with Crippen LogP contribution < -0.4 is 11.1 Å². The Labute approximate surface area is 325 Å². The van der Waals surface area contributed by atoms with Crippen LogP contribution >= 0.6 is 0 Å². The van der Waals surface area contributed by atoms with Crippen LogP contribution in [0.15, 0.2) is 65.7 Å². The van der Waals surface area contributed by atoms with Crippen LogP contribution in [0.5, 0.6) is 0 Å². The molecule has 1 aromatic carbocycles. The second-order valence-corrected chi connectivity index (χ2v) is 19.2. The van der Waals surface area contributed by atoms with Gasteiger partial charge in [-0.25, -0.2) is 4.98 Å². The van der Waals surface area contributed by atoms with E-state index >= 15 is 0 Å². The molecule has 292 valence electrons. The van der Waals surface area contributed by atoms with Crippen molar-refractivity contribution in [2.75, 3.05) is 7.05 Å². The standard InChI is InChI=1S/C46H60N6O3/c1-48-42(47)51-35-13-11-32-23-43(16-15-29(22-43)27-52-18-17-49-28-52)24-34(20-36-19-30-7-5-6-10-39(30)50-36)44(32)25-33-12-14-37(44)41-38(21-40(53)45(41,54)26-35)46(33,55)31-8-3-2-4-9-31/h5-7,10,17-19,24,28-29,31-33,35,37-38,40-41,50,53-55H,2-4,8-9,12,14-16,20-23,25-27H2,1H3,(H3,47,48,51)/t29-,32+,33-,35+,37-,38+,40+,41+,43+,44+,45+,46-/m1/s1. The molecular weight excluding hydrogens is 685 g/mol. The summed E-state index contributed by atoms with van der Waals surface area (Å²) in [5.41, 5.74) is 7.46. The number of hydrogen-bond acceptors (Lipinski definition) is 5. The summed E-state index contributed by atoms with van der Waals surface area (Å²) >= 11 is 0. The number of aromatic amines is 1. The number of guanidine groups is 1. The third kappa shape index (κ3) is 5.59. The molecule has 2 heterocycles. The van der Waals surface area contributed by atoms with E-state index in [-0.39, 0.29) is 52.8 Å². The van der Waals surface area contributed by atoms with Crippen LogP contribution in [0.3, 0.4) is 0 Å². The van der Waals surface area contributed by atoms with Crippen molar-refractivity contribution in [3.63, 3.8) is 0 Å². The lowest BCUT2D eigenvalue weighted by molar-refractivity contribution is -0.142. The van der Waals surface area contributed by atoms with Crippen molar-refractivity contribution in [3.8, 4) is 11.8 Å². The molecule has 9 nitrogen and oxygen atoms in total. The Morgan fingerprint density at radius 2 is 1.87 bits per heavy atom. The predicted molar refractivity (Wildman–Crippen MR) is 214 cm³/mol. The van der Waals surface area contributed by atoms with Crippen molar-refractivity contribution in [2.45, 2.75) is 126 Å². The maximum Gasteiger partial charge on any atom is 0.189 e. The fourth-order valence-corrected chi connectivity index (χ4v) is 14.6. The highest BCUT2D eigenvalue weighted by Crippen LogP contribution is 2.73. The number of hydrogen-bond donors (Lipinski definition) is 6. The van der Waals surface area contributed by atoms with Crippen molar-refractivity contribution >= 4 is 16.9 Å². The van der Waals surface area contributed by atoms with Gasteiger partial charge in [-0.2, -0.15) is 0 Å². The summed E-state index contributed by atoms with van der Waals surface area (Å²) in [7, 11) is 1.67. The van der Waals surface area contributed by atoms with Crippen LogP contribution in [0.25, 0.3) is 10.9 Å². The number of aliphatic hydroxyl groups is 3. The lowest BCUT2D eigenvalue weighted by Gasteiger charge is -2.58. The molecule has 4 bridgehead atoms. The Morgan fingerprint density at radius 3 is 2.67 bits per heavy atom. The summed E-state index contributed by atoms with van der Waals surface area (Å²) in [6, 6.07) is 10.4. The van der Waals surface area contributed by atoms with Crippen LogP contribution in [0.1, 0.15) is 95.6 Å². The molecule has 12 atom stereocenters. The van der Waals surface area contributed by atoms with Gasteiger partial charge >= 0.3 is 0 Å². The van der Waals surface area contributed by atoms with Gasteiger partial charge in [-0.05, 0) is 123 Å². The minimum absolute atomic E-state index is 0.00813. The molecule has 6 fully saturated rings. The molecule has 9 heteroatoms. The number of benzene rings is 1. The number of aromatic nitrogens is 3. The maximum absolute atomic E-state index is 13.7. The van der Waals surface area contributed by atoms with Gasteiger partial charge < -0.3 is 35.9 Å². The summed E-state index contributed by atoms with van der Waals surface area (Å²) in [4.78, 5) is 12.4. The third-order valence-corrected chi connectivity index (χ3v) is 16.7. The van der Waals surface area contributed by atoms with Crippen LogP contribution in [0.2, 0.25) is 0 Å². The second-order valence-electron chi connectivity index (χ2n) is 19.2. The van der Waals surface area contributed by atoms with Crippen molar-refractivity contribution in [3.05, 3.63) is 66.4 Å². The summed E-state index contributed by atoms with van der Waals surface area (Å²) in [6.45, 7) is 0.976. The van der Waals surface area contributed by atoms with Gasteiger partial charge in [-0.3, -0.25) is 4.99 Å². The highest BCUT2D eigenvalue weighted by Gasteiger charge is 2.73. The van der Waals surface area contributed by atoms with Crippen molar-refractivity contribution in [1.29, 1.82) is 0 Å². The quantitative estimate of drug-likeness (QED) is 0.0779. The number of fused-ring (bicyclic) bond motifs is 2. The highest BCUT2D eigenvalue weighted by atomic mass is 16.3. The third-order valence-electron chi connectivity index (χ3n) is 16.7. The molecule has 0 unspecified atom stereocenters. The fourth-order valence-electron chi connectivity index (χ4n) is 14.6. The highest BCUT2D eigenvalue weighted by molar-refractivity contribution is 5.80. The average Bonchev–Trinajstić information content (AvgIpc) is 3.97. The van der Waals surface area contributed by atoms with E-state index in [0.717, 1.165) is 82.7 Å². The van der Waals surface area contributed by atoms with E-state index in [4.69, 9.17) is 5.73 Å². The zero-order valence-corrected chi connectivity index (χ0v) is 32.5. The van der Waals surface area contributed by atoms with E-state index in [1.165, 1.54) is 29.5 Å². The van der Waals surface area contributed by atoms with E-state index < -0.39 is 23.3 Å². The maximum atomic E-state index is 13.7. The van der Waals surface area contributed by atoms with Gasteiger partial charge in [0.2, 0.25) is 0 Å². The van der Waals surface area contributed by atoms with Crippen molar-refractivity contribution in [2.24, 2.45) is 63.0 Å². The van der Waals surface area contributed by atoms with Gasteiger partial charge in [0.05, 0.1) is 29.7 Å². The predicted octanol–water partition coefficient (Wildman–Crippen LogP) is 6.11. The number of imidazole rings is 1. The molecular formula is C46H60N6O3. The number of H-pyrrole nitrogens is 1. The molecule has 8 aliphatic rings. The number of allylic oxidation sites excluding steroid dienone is 2. The molecule has 2 aromatic heterocycles. The Hall–Kier alpha value is -3.58. The van der Waals surface area contributed by atoms with Crippen LogP contribution in [0.4, 0.5) is 0 Å². The zero-order valence-electron chi connectivity index (χ0n) is 32.5. The largest absolute Gasteiger partial charge is 0.390 e. The molecule has 0 saturated heterocycles. The monoisotopic (exact) mass is 744 g/mol. The minimum atomic E-state index is -1.43. The number of nitrogens with two attached hydrogens (primary N) is 1. The van der Waals surface area contributed by atoms with E-state index in [1.54, 1.807) is 7.05 Å².